The molecule has 0 saturated heterocycles. The molecule has 2 aromatic rings. The van der Waals surface area contributed by atoms with Crippen LogP contribution < -0.4 is 5.32 Å². The van der Waals surface area contributed by atoms with E-state index in [0.717, 1.165) is 34.7 Å². The number of hydrogen-bond donors (Lipinski definition) is 1. The summed E-state index contributed by atoms with van der Waals surface area (Å²) in [5.74, 6) is 0.933. The monoisotopic (exact) mass is 281 g/mol. The van der Waals surface area contributed by atoms with Crippen molar-refractivity contribution in [3.05, 3.63) is 35.0 Å². The summed E-state index contributed by atoms with van der Waals surface area (Å²) in [6, 6.07) is 7.89. The lowest BCUT2D eigenvalue weighted by molar-refractivity contribution is 0.0980. The maximum absolute atomic E-state index is 6.00. The van der Waals surface area contributed by atoms with Crippen LogP contribution in [0.4, 0.5) is 0 Å². The van der Waals surface area contributed by atoms with Gasteiger partial charge in [-0.15, -0.1) is 0 Å². The topological polar surface area (TPSA) is 34.4 Å². The smallest absolute Gasteiger partial charge is 0.134 e. The van der Waals surface area contributed by atoms with Crippen LogP contribution in [0.3, 0.4) is 0 Å². The molecule has 0 spiro atoms. The highest BCUT2D eigenvalue weighted by atomic mass is 35.5. The van der Waals surface area contributed by atoms with E-state index in [1.165, 1.54) is 0 Å². The van der Waals surface area contributed by atoms with E-state index < -0.39 is 0 Å². The minimum Gasteiger partial charge on any atom is -0.459 e. The SMILES string of the molecule is CCNC(CC(C)OC)c1cc2cc(Cl)ccc2o1. The minimum absolute atomic E-state index is 0.158. The number of halogens is 1. The molecular formula is C15H20ClNO2. The number of fused-ring (bicyclic) bond motifs is 1. The third-order valence-corrected chi connectivity index (χ3v) is 3.50. The van der Waals surface area contributed by atoms with Crippen LogP contribution in [-0.2, 0) is 4.74 Å². The first-order valence-electron chi connectivity index (χ1n) is 6.59. The van der Waals surface area contributed by atoms with Gasteiger partial charge in [-0.2, -0.15) is 0 Å². The first kappa shape index (κ1) is 14.4. The quantitative estimate of drug-likeness (QED) is 0.863. The van der Waals surface area contributed by atoms with Crippen LogP contribution in [0.25, 0.3) is 11.0 Å². The second-order valence-electron chi connectivity index (χ2n) is 4.72. The van der Waals surface area contributed by atoms with Crippen molar-refractivity contribution in [3.63, 3.8) is 0 Å². The summed E-state index contributed by atoms with van der Waals surface area (Å²) in [5, 5.41) is 5.20. The molecule has 19 heavy (non-hydrogen) atoms. The molecular weight excluding hydrogens is 262 g/mol. The molecule has 4 heteroatoms. The summed E-state index contributed by atoms with van der Waals surface area (Å²) in [4.78, 5) is 0. The van der Waals surface area contributed by atoms with Gasteiger partial charge in [0.25, 0.3) is 0 Å². The Morgan fingerprint density at radius 3 is 2.84 bits per heavy atom. The van der Waals surface area contributed by atoms with E-state index in [2.05, 4.69) is 25.2 Å². The highest BCUT2D eigenvalue weighted by Gasteiger charge is 2.18. The van der Waals surface area contributed by atoms with Crippen molar-refractivity contribution in [2.24, 2.45) is 0 Å². The second-order valence-corrected chi connectivity index (χ2v) is 5.16. The van der Waals surface area contributed by atoms with Crippen LogP contribution in [0.15, 0.2) is 28.7 Å². The minimum atomic E-state index is 0.158. The van der Waals surface area contributed by atoms with Crippen LogP contribution >= 0.6 is 11.6 Å². The molecule has 0 aliphatic heterocycles. The molecule has 0 fully saturated rings. The van der Waals surface area contributed by atoms with Gasteiger partial charge in [0.2, 0.25) is 0 Å². The van der Waals surface area contributed by atoms with Gasteiger partial charge in [-0.3, -0.25) is 0 Å². The molecule has 2 rings (SSSR count). The Morgan fingerprint density at radius 1 is 1.37 bits per heavy atom. The number of ether oxygens (including phenoxy) is 1. The first-order chi connectivity index (χ1) is 9.13. The Bertz CT molecular complexity index is 538. The number of methoxy groups -OCH3 is 1. The molecule has 1 heterocycles. The van der Waals surface area contributed by atoms with Crippen molar-refractivity contribution in [2.45, 2.75) is 32.4 Å². The average Bonchev–Trinajstić information content (AvgIpc) is 2.80. The molecule has 1 aromatic carbocycles. The van der Waals surface area contributed by atoms with E-state index in [9.17, 15) is 0 Å². The number of nitrogens with one attached hydrogen (secondary N) is 1. The zero-order valence-electron chi connectivity index (χ0n) is 11.6. The lowest BCUT2D eigenvalue weighted by atomic mass is 10.1. The highest BCUT2D eigenvalue weighted by molar-refractivity contribution is 6.31. The van der Waals surface area contributed by atoms with Gasteiger partial charge in [-0.05, 0) is 44.2 Å². The Kier molecular flexibility index (Phi) is 4.86. The van der Waals surface area contributed by atoms with Gasteiger partial charge in [-0.25, -0.2) is 0 Å². The lowest BCUT2D eigenvalue weighted by Gasteiger charge is -2.19. The fourth-order valence-electron chi connectivity index (χ4n) is 2.18. The predicted octanol–water partition coefficient (Wildman–Crippen LogP) is 4.16. The van der Waals surface area contributed by atoms with Crippen molar-refractivity contribution in [3.8, 4) is 0 Å². The fraction of sp³-hybridized carbons (Fsp3) is 0.467. The molecule has 104 valence electrons. The van der Waals surface area contributed by atoms with Gasteiger partial charge >= 0.3 is 0 Å². The largest absolute Gasteiger partial charge is 0.459 e. The molecule has 0 aliphatic carbocycles. The van der Waals surface area contributed by atoms with Crippen LogP contribution in [0.5, 0.6) is 0 Å². The van der Waals surface area contributed by atoms with Crippen LogP contribution in [0, 0.1) is 0 Å². The summed E-state index contributed by atoms with van der Waals surface area (Å²) in [7, 11) is 1.73. The second kappa shape index (κ2) is 6.42. The van der Waals surface area contributed by atoms with Gasteiger partial charge in [0.05, 0.1) is 12.1 Å². The molecule has 0 bridgehead atoms. The van der Waals surface area contributed by atoms with E-state index in [4.69, 9.17) is 20.8 Å². The maximum Gasteiger partial charge on any atom is 0.134 e. The highest BCUT2D eigenvalue weighted by Crippen LogP contribution is 2.28. The molecule has 0 radical (unpaired) electrons. The molecule has 0 amide bonds. The van der Waals surface area contributed by atoms with E-state index in [-0.39, 0.29) is 12.1 Å². The molecule has 0 saturated carbocycles. The Morgan fingerprint density at radius 2 is 2.16 bits per heavy atom. The lowest BCUT2D eigenvalue weighted by Crippen LogP contribution is -2.24. The molecule has 2 atom stereocenters. The third-order valence-electron chi connectivity index (χ3n) is 3.26. The van der Waals surface area contributed by atoms with Crippen molar-refractivity contribution < 1.29 is 9.15 Å². The van der Waals surface area contributed by atoms with Gasteiger partial charge in [0, 0.05) is 17.5 Å². The van der Waals surface area contributed by atoms with Gasteiger partial charge < -0.3 is 14.5 Å². The Labute approximate surface area is 118 Å². The summed E-state index contributed by atoms with van der Waals surface area (Å²) in [6.07, 6.45) is 1.05. The van der Waals surface area contributed by atoms with Crippen molar-refractivity contribution in [1.82, 2.24) is 5.32 Å². The Balaban J connectivity index is 2.27. The summed E-state index contributed by atoms with van der Waals surface area (Å²) >= 11 is 6.00. The van der Waals surface area contributed by atoms with Crippen molar-refractivity contribution in [1.29, 1.82) is 0 Å². The van der Waals surface area contributed by atoms with Crippen LogP contribution in [0.1, 0.15) is 32.1 Å². The van der Waals surface area contributed by atoms with E-state index >= 15 is 0 Å². The molecule has 1 aromatic heterocycles. The maximum atomic E-state index is 6.00. The molecule has 0 aliphatic rings. The van der Waals surface area contributed by atoms with Crippen LogP contribution in [-0.4, -0.2) is 19.8 Å². The van der Waals surface area contributed by atoms with Gasteiger partial charge in [0.1, 0.15) is 11.3 Å². The first-order valence-corrected chi connectivity index (χ1v) is 6.97. The Hall–Kier alpha value is -1.03. The predicted molar refractivity (Wildman–Crippen MR) is 78.7 cm³/mol. The summed E-state index contributed by atoms with van der Waals surface area (Å²) in [6.45, 7) is 5.03. The van der Waals surface area contributed by atoms with Crippen LogP contribution in [0.2, 0.25) is 5.02 Å². The average molecular weight is 282 g/mol. The zero-order valence-corrected chi connectivity index (χ0v) is 12.3. The normalized spacial score (nSPS) is 14.7. The molecule has 3 nitrogen and oxygen atoms in total. The van der Waals surface area contributed by atoms with Crippen molar-refractivity contribution >= 4 is 22.6 Å². The van der Waals surface area contributed by atoms with Gasteiger partial charge in [-0.1, -0.05) is 18.5 Å². The molecule has 1 N–H and O–H groups in total. The standard InChI is InChI=1S/C15H20ClNO2/c1-4-17-13(7-10(2)18-3)15-9-11-8-12(16)5-6-14(11)19-15/h5-6,8-10,13,17H,4,7H2,1-3H3. The van der Waals surface area contributed by atoms with Crippen molar-refractivity contribution in [2.75, 3.05) is 13.7 Å². The molecule has 2 unspecified atom stereocenters. The number of hydrogen-bond acceptors (Lipinski definition) is 3. The van der Waals surface area contributed by atoms with E-state index in [0.29, 0.717) is 0 Å². The summed E-state index contributed by atoms with van der Waals surface area (Å²) in [5.41, 5.74) is 0.868. The van der Waals surface area contributed by atoms with Gasteiger partial charge in [0.15, 0.2) is 0 Å². The number of furan rings is 1. The third kappa shape index (κ3) is 3.50. The number of benzene rings is 1. The van der Waals surface area contributed by atoms with E-state index in [1.807, 2.05) is 18.2 Å². The van der Waals surface area contributed by atoms with E-state index in [1.54, 1.807) is 7.11 Å². The zero-order chi connectivity index (χ0) is 13.8. The fourth-order valence-corrected chi connectivity index (χ4v) is 2.36. The summed E-state index contributed by atoms with van der Waals surface area (Å²) < 4.78 is 11.2. The number of rotatable bonds is 6.